The van der Waals surface area contributed by atoms with Crippen LogP contribution in [0.1, 0.15) is 72.5 Å². The van der Waals surface area contributed by atoms with Crippen LogP contribution in [-0.2, 0) is 11.2 Å². The van der Waals surface area contributed by atoms with E-state index in [4.69, 9.17) is 14.1 Å². The highest BCUT2D eigenvalue weighted by Gasteiger charge is 2.45. The predicted molar refractivity (Wildman–Crippen MR) is 119 cm³/mol. The largest absolute Gasteiger partial charge is 0.469 e. The molecule has 2 aliphatic rings. The van der Waals surface area contributed by atoms with Crippen molar-refractivity contribution in [3.05, 3.63) is 24.2 Å². The van der Waals surface area contributed by atoms with Crippen LogP contribution in [0.3, 0.4) is 0 Å². The molecular weight excluding hydrogens is 380 g/mol. The Morgan fingerprint density at radius 1 is 1.33 bits per heavy atom. The van der Waals surface area contributed by atoms with Gasteiger partial charge in [0.05, 0.1) is 6.26 Å². The number of aliphatic imine (C=N–C) groups is 1. The molecule has 0 aromatic carbocycles. The summed E-state index contributed by atoms with van der Waals surface area (Å²) in [5.41, 5.74) is -0.459. The van der Waals surface area contributed by atoms with Gasteiger partial charge in [-0.05, 0) is 71.9 Å². The van der Waals surface area contributed by atoms with Crippen LogP contribution in [0.4, 0.5) is 4.79 Å². The van der Waals surface area contributed by atoms with E-state index in [1.54, 1.807) is 6.26 Å². The van der Waals surface area contributed by atoms with Crippen LogP contribution in [0.15, 0.2) is 27.8 Å². The molecule has 168 valence electrons. The minimum Gasteiger partial charge on any atom is -0.469 e. The van der Waals surface area contributed by atoms with Crippen molar-refractivity contribution in [2.24, 2.45) is 4.99 Å². The van der Waals surface area contributed by atoms with E-state index >= 15 is 0 Å². The molecule has 7 heteroatoms. The summed E-state index contributed by atoms with van der Waals surface area (Å²) in [6, 6.07) is 5.02. The molecule has 1 aromatic heterocycles. The molecule has 3 atom stereocenters. The van der Waals surface area contributed by atoms with E-state index in [0.29, 0.717) is 18.6 Å². The van der Waals surface area contributed by atoms with E-state index in [0.717, 1.165) is 50.2 Å². The highest BCUT2D eigenvalue weighted by molar-refractivity contribution is 5.80. The average molecular weight is 419 g/mol. The standard InChI is InChI=1S/C23H38N4O3/c1-6-16(2)25-21(24-12-11-20-8-7-13-29-20)26-17-14-18-9-10-19(15-17)27(18)22(28)30-23(3,4)5/h7-8,13,16-19H,6,9-12,14-15H2,1-5H3,(H2,24,25,26). The number of rotatable bonds is 6. The van der Waals surface area contributed by atoms with Crippen LogP contribution in [0.5, 0.6) is 0 Å². The van der Waals surface area contributed by atoms with Crippen molar-refractivity contribution in [3.8, 4) is 0 Å². The molecule has 3 unspecified atom stereocenters. The van der Waals surface area contributed by atoms with Crippen molar-refractivity contribution >= 4 is 12.1 Å². The van der Waals surface area contributed by atoms with E-state index in [1.165, 1.54) is 0 Å². The van der Waals surface area contributed by atoms with Crippen LogP contribution in [0.25, 0.3) is 0 Å². The molecule has 2 saturated heterocycles. The fraction of sp³-hybridized carbons (Fsp3) is 0.739. The first-order valence-electron chi connectivity index (χ1n) is 11.4. The molecule has 7 nitrogen and oxygen atoms in total. The fourth-order valence-corrected chi connectivity index (χ4v) is 4.30. The summed E-state index contributed by atoms with van der Waals surface area (Å²) in [6.45, 7) is 10.8. The number of carbonyl (C=O) groups is 1. The van der Waals surface area contributed by atoms with Gasteiger partial charge in [-0.1, -0.05) is 6.92 Å². The zero-order valence-corrected chi connectivity index (χ0v) is 19.1. The first-order valence-corrected chi connectivity index (χ1v) is 11.4. The minimum absolute atomic E-state index is 0.168. The van der Waals surface area contributed by atoms with Gasteiger partial charge in [-0.15, -0.1) is 0 Å². The molecule has 0 spiro atoms. The third kappa shape index (κ3) is 6.16. The highest BCUT2D eigenvalue weighted by atomic mass is 16.6. The van der Waals surface area contributed by atoms with Gasteiger partial charge >= 0.3 is 6.09 Å². The molecular formula is C23H38N4O3. The second-order valence-electron chi connectivity index (χ2n) is 9.60. The summed E-state index contributed by atoms with van der Waals surface area (Å²) in [7, 11) is 0. The molecule has 1 aromatic rings. The van der Waals surface area contributed by atoms with Crippen molar-refractivity contribution in [3.63, 3.8) is 0 Å². The lowest BCUT2D eigenvalue weighted by molar-refractivity contribution is 0.00544. The molecule has 30 heavy (non-hydrogen) atoms. The fourth-order valence-electron chi connectivity index (χ4n) is 4.30. The van der Waals surface area contributed by atoms with Crippen LogP contribution in [0.2, 0.25) is 0 Å². The second kappa shape index (κ2) is 9.75. The quantitative estimate of drug-likeness (QED) is 0.537. The number of guanidine groups is 1. The Bertz CT molecular complexity index is 697. The maximum absolute atomic E-state index is 12.7. The predicted octanol–water partition coefficient (Wildman–Crippen LogP) is 4.09. The van der Waals surface area contributed by atoms with Gasteiger partial charge in [-0.25, -0.2) is 4.79 Å². The Balaban J connectivity index is 1.59. The SMILES string of the molecule is CCC(C)NC(=NCCc1ccco1)NC1CC2CCC(C1)N2C(=O)OC(C)(C)C. The van der Waals surface area contributed by atoms with Gasteiger partial charge in [0.2, 0.25) is 0 Å². The van der Waals surface area contributed by atoms with E-state index in [1.807, 2.05) is 37.8 Å². The smallest absolute Gasteiger partial charge is 0.410 e. The normalized spacial score (nSPS) is 25.2. The number of ether oxygens (including phenoxy) is 1. The zero-order valence-electron chi connectivity index (χ0n) is 19.1. The van der Waals surface area contributed by atoms with Gasteiger partial charge < -0.3 is 24.7 Å². The molecule has 1 amide bonds. The van der Waals surface area contributed by atoms with Crippen molar-refractivity contribution in [2.45, 2.75) is 103 Å². The maximum atomic E-state index is 12.7. The number of piperidine rings is 1. The van der Waals surface area contributed by atoms with Gasteiger partial charge in [0.25, 0.3) is 0 Å². The lowest BCUT2D eigenvalue weighted by Gasteiger charge is -2.40. The van der Waals surface area contributed by atoms with E-state index in [2.05, 4.69) is 24.5 Å². The van der Waals surface area contributed by atoms with Crippen molar-refractivity contribution in [1.82, 2.24) is 15.5 Å². The topological polar surface area (TPSA) is 79.1 Å². The lowest BCUT2D eigenvalue weighted by Crippen LogP contribution is -2.55. The van der Waals surface area contributed by atoms with Crippen molar-refractivity contribution < 1.29 is 13.9 Å². The summed E-state index contributed by atoms with van der Waals surface area (Å²) in [5, 5.41) is 7.15. The highest BCUT2D eigenvalue weighted by Crippen LogP contribution is 2.36. The minimum atomic E-state index is -0.459. The number of hydrogen-bond acceptors (Lipinski definition) is 4. The first kappa shape index (κ1) is 22.5. The summed E-state index contributed by atoms with van der Waals surface area (Å²) < 4.78 is 11.1. The van der Waals surface area contributed by atoms with Gasteiger partial charge in [0, 0.05) is 37.1 Å². The van der Waals surface area contributed by atoms with Gasteiger partial charge in [-0.3, -0.25) is 4.99 Å². The molecule has 2 aliphatic heterocycles. The molecule has 0 aliphatic carbocycles. The second-order valence-corrected chi connectivity index (χ2v) is 9.60. The Morgan fingerprint density at radius 3 is 2.60 bits per heavy atom. The molecule has 2 N–H and O–H groups in total. The van der Waals surface area contributed by atoms with Crippen LogP contribution in [-0.4, -0.2) is 53.3 Å². The van der Waals surface area contributed by atoms with Gasteiger partial charge in [0.15, 0.2) is 5.96 Å². The average Bonchev–Trinajstić information content (AvgIpc) is 3.26. The Morgan fingerprint density at radius 2 is 2.03 bits per heavy atom. The number of carbonyl (C=O) groups excluding carboxylic acids is 1. The van der Waals surface area contributed by atoms with E-state index in [9.17, 15) is 4.79 Å². The van der Waals surface area contributed by atoms with Crippen molar-refractivity contribution in [1.29, 1.82) is 0 Å². The number of hydrogen-bond donors (Lipinski definition) is 2. The molecule has 3 heterocycles. The number of nitrogens with zero attached hydrogens (tertiary/aromatic N) is 2. The van der Waals surface area contributed by atoms with Gasteiger partial charge in [0.1, 0.15) is 11.4 Å². The monoisotopic (exact) mass is 418 g/mol. The van der Waals surface area contributed by atoms with Gasteiger partial charge in [-0.2, -0.15) is 0 Å². The molecule has 0 radical (unpaired) electrons. The lowest BCUT2D eigenvalue weighted by atomic mass is 9.98. The molecule has 2 bridgehead atoms. The third-order valence-corrected chi connectivity index (χ3v) is 5.88. The summed E-state index contributed by atoms with van der Waals surface area (Å²) in [4.78, 5) is 19.4. The maximum Gasteiger partial charge on any atom is 0.410 e. The van der Waals surface area contributed by atoms with Crippen LogP contribution >= 0.6 is 0 Å². The number of nitrogens with one attached hydrogen (secondary N) is 2. The Kier molecular flexibility index (Phi) is 7.32. The molecule has 0 saturated carbocycles. The van der Waals surface area contributed by atoms with Crippen LogP contribution in [0, 0.1) is 0 Å². The Hall–Kier alpha value is -2.18. The first-order chi connectivity index (χ1) is 14.2. The number of fused-ring (bicyclic) bond motifs is 2. The third-order valence-electron chi connectivity index (χ3n) is 5.88. The summed E-state index contributed by atoms with van der Waals surface area (Å²) in [5.74, 6) is 1.80. The summed E-state index contributed by atoms with van der Waals surface area (Å²) >= 11 is 0. The Labute approximate surface area is 180 Å². The van der Waals surface area contributed by atoms with E-state index < -0.39 is 5.60 Å². The van der Waals surface area contributed by atoms with Crippen LogP contribution < -0.4 is 10.6 Å². The number of amides is 1. The van der Waals surface area contributed by atoms with E-state index in [-0.39, 0.29) is 18.2 Å². The number of furan rings is 1. The molecule has 2 fully saturated rings. The summed E-state index contributed by atoms with van der Waals surface area (Å²) in [6.07, 6.45) is 7.29. The van der Waals surface area contributed by atoms with Crippen molar-refractivity contribution in [2.75, 3.05) is 6.54 Å². The molecule has 3 rings (SSSR count). The zero-order chi connectivity index (χ0) is 21.7.